The zero-order valence-corrected chi connectivity index (χ0v) is 17.9. The highest BCUT2D eigenvalue weighted by molar-refractivity contribution is 6.30. The maximum Gasteiger partial charge on any atom is 0.328 e. The summed E-state index contributed by atoms with van der Waals surface area (Å²) in [7, 11) is 0. The SMILES string of the molecule is O=C1N/C(=N\Cn2nnc3ccccc32)C(c2ccc(Cl)cc2)N1c1ccc2[nH]cnc2c1. The van der Waals surface area contributed by atoms with Crippen LogP contribution in [0.2, 0.25) is 5.02 Å². The Morgan fingerprint density at radius 2 is 1.88 bits per heavy atom. The normalized spacial score (nSPS) is 17.4. The smallest absolute Gasteiger partial charge is 0.328 e. The number of nitrogens with zero attached hydrogens (tertiary/aromatic N) is 6. The first-order valence-electron chi connectivity index (χ1n) is 10.3. The molecule has 0 saturated carbocycles. The van der Waals surface area contributed by atoms with Crippen molar-refractivity contribution in [2.75, 3.05) is 4.90 Å². The van der Waals surface area contributed by atoms with Crippen LogP contribution in [-0.2, 0) is 6.67 Å². The summed E-state index contributed by atoms with van der Waals surface area (Å²) in [6.07, 6.45) is 1.63. The van der Waals surface area contributed by atoms with Crippen LogP contribution in [0.3, 0.4) is 0 Å². The van der Waals surface area contributed by atoms with E-state index in [2.05, 4.69) is 25.6 Å². The number of amides is 2. The molecule has 1 aliphatic rings. The highest BCUT2D eigenvalue weighted by Gasteiger charge is 2.39. The largest absolute Gasteiger partial charge is 0.345 e. The molecule has 2 N–H and O–H groups in total. The van der Waals surface area contributed by atoms with Crippen LogP contribution in [0.15, 0.2) is 78.0 Å². The summed E-state index contributed by atoms with van der Waals surface area (Å²) in [6.45, 7) is 0.215. The number of carbonyl (C=O) groups excluding carboxylic acids is 1. The summed E-state index contributed by atoms with van der Waals surface area (Å²) in [5.74, 6) is 0.518. The molecule has 162 valence electrons. The Kier molecular flexibility index (Phi) is 4.55. The topological polar surface area (TPSA) is 104 Å². The van der Waals surface area contributed by atoms with Crippen molar-refractivity contribution in [3.8, 4) is 0 Å². The number of aromatic nitrogens is 5. The summed E-state index contributed by atoms with van der Waals surface area (Å²) in [5, 5.41) is 11.9. The maximum atomic E-state index is 13.1. The van der Waals surface area contributed by atoms with Crippen LogP contribution in [0.1, 0.15) is 11.6 Å². The average Bonchev–Trinajstić information content (AvgIpc) is 3.54. The Labute approximate surface area is 192 Å². The molecule has 1 saturated heterocycles. The number of halogens is 1. The number of aliphatic imine (C=N–C) groups is 1. The van der Waals surface area contributed by atoms with Gasteiger partial charge in [-0.2, -0.15) is 0 Å². The third kappa shape index (κ3) is 3.39. The van der Waals surface area contributed by atoms with Gasteiger partial charge >= 0.3 is 6.03 Å². The molecular formula is C23H17ClN8O. The zero-order chi connectivity index (χ0) is 22.4. The number of urea groups is 1. The Morgan fingerprint density at radius 1 is 1.03 bits per heavy atom. The Morgan fingerprint density at radius 3 is 2.76 bits per heavy atom. The fourth-order valence-electron chi connectivity index (χ4n) is 4.06. The minimum Gasteiger partial charge on any atom is -0.345 e. The molecule has 6 rings (SSSR count). The number of carbonyl (C=O) groups is 1. The first kappa shape index (κ1) is 19.4. The highest BCUT2D eigenvalue weighted by Crippen LogP contribution is 2.34. The minimum absolute atomic E-state index is 0.215. The fourth-order valence-corrected chi connectivity index (χ4v) is 4.18. The molecule has 0 radical (unpaired) electrons. The Balaban J connectivity index is 1.42. The predicted octanol–water partition coefficient (Wildman–Crippen LogP) is 4.29. The molecule has 0 aliphatic carbocycles. The van der Waals surface area contributed by atoms with Gasteiger partial charge in [0.1, 0.15) is 24.1 Å². The number of fused-ring (bicyclic) bond motifs is 2. The van der Waals surface area contributed by atoms with Gasteiger partial charge in [-0.05, 0) is 48.0 Å². The van der Waals surface area contributed by atoms with Crippen LogP contribution in [0.25, 0.3) is 22.1 Å². The molecule has 3 heterocycles. The summed E-state index contributed by atoms with van der Waals surface area (Å²) in [5.41, 5.74) is 4.92. The van der Waals surface area contributed by atoms with E-state index in [-0.39, 0.29) is 12.7 Å². The van der Waals surface area contributed by atoms with Gasteiger partial charge in [0.2, 0.25) is 0 Å². The van der Waals surface area contributed by atoms with Crippen molar-refractivity contribution in [3.05, 3.63) is 83.6 Å². The quantitative estimate of drug-likeness (QED) is 0.421. The number of H-pyrrole nitrogens is 1. The molecule has 5 aromatic rings. The molecule has 9 nitrogen and oxygen atoms in total. The molecule has 0 spiro atoms. The molecular weight excluding hydrogens is 440 g/mol. The average molecular weight is 457 g/mol. The first-order chi connectivity index (χ1) is 16.2. The van der Waals surface area contributed by atoms with E-state index in [0.29, 0.717) is 16.5 Å². The highest BCUT2D eigenvalue weighted by atomic mass is 35.5. The zero-order valence-electron chi connectivity index (χ0n) is 17.2. The van der Waals surface area contributed by atoms with Gasteiger partial charge in [-0.1, -0.05) is 41.1 Å². The third-order valence-electron chi connectivity index (χ3n) is 5.64. The van der Waals surface area contributed by atoms with Crippen LogP contribution in [0.4, 0.5) is 10.5 Å². The lowest BCUT2D eigenvalue weighted by Crippen LogP contribution is -2.29. The molecule has 2 amide bonds. The summed E-state index contributed by atoms with van der Waals surface area (Å²) >= 11 is 6.12. The molecule has 0 bridgehead atoms. The van der Waals surface area contributed by atoms with Gasteiger partial charge in [0.25, 0.3) is 0 Å². The van der Waals surface area contributed by atoms with Crippen LogP contribution in [-0.4, -0.2) is 36.8 Å². The van der Waals surface area contributed by atoms with E-state index in [1.165, 1.54) is 0 Å². The van der Waals surface area contributed by atoms with Crippen LogP contribution < -0.4 is 10.2 Å². The standard InChI is InChI=1S/C23H17ClN8O/c24-15-7-5-14(6-8-15)21-22(27-13-31-20-4-2-1-3-18(20)29-30-31)28-23(33)32(21)16-9-10-17-19(11-16)26-12-25-17/h1-12,21H,13H2,(H,25,26)(H,27,28,33). The van der Waals surface area contributed by atoms with E-state index >= 15 is 0 Å². The number of amidine groups is 1. The van der Waals surface area contributed by atoms with Crippen molar-refractivity contribution < 1.29 is 4.79 Å². The molecule has 1 unspecified atom stereocenters. The number of para-hydroxylation sites is 1. The summed E-state index contributed by atoms with van der Waals surface area (Å²) in [6, 6.07) is 20.0. The van der Waals surface area contributed by atoms with Crippen molar-refractivity contribution in [1.29, 1.82) is 0 Å². The second kappa shape index (κ2) is 7.72. The molecule has 1 atom stereocenters. The second-order valence-electron chi connectivity index (χ2n) is 7.62. The third-order valence-corrected chi connectivity index (χ3v) is 5.89. The van der Waals surface area contributed by atoms with Gasteiger partial charge in [0.05, 0.1) is 22.9 Å². The van der Waals surface area contributed by atoms with Crippen molar-refractivity contribution in [3.63, 3.8) is 0 Å². The van der Waals surface area contributed by atoms with Gasteiger partial charge in [0, 0.05) is 10.7 Å². The van der Waals surface area contributed by atoms with E-state index in [1.54, 1.807) is 28.0 Å². The van der Waals surface area contributed by atoms with E-state index < -0.39 is 6.04 Å². The molecule has 33 heavy (non-hydrogen) atoms. The number of anilines is 1. The van der Waals surface area contributed by atoms with E-state index in [4.69, 9.17) is 16.6 Å². The minimum atomic E-state index is -0.457. The lowest BCUT2D eigenvalue weighted by Gasteiger charge is -2.23. The van der Waals surface area contributed by atoms with Gasteiger partial charge in [-0.3, -0.25) is 10.2 Å². The Bertz CT molecular complexity index is 1520. The molecule has 3 aromatic carbocycles. The number of imidazole rings is 1. The second-order valence-corrected chi connectivity index (χ2v) is 8.06. The molecule has 2 aromatic heterocycles. The number of aromatic amines is 1. The van der Waals surface area contributed by atoms with Crippen LogP contribution in [0.5, 0.6) is 0 Å². The fraction of sp³-hybridized carbons (Fsp3) is 0.0870. The van der Waals surface area contributed by atoms with Gasteiger partial charge in [0.15, 0.2) is 0 Å². The number of hydrogen-bond donors (Lipinski definition) is 2. The summed E-state index contributed by atoms with van der Waals surface area (Å²) in [4.78, 5) is 26.9. The van der Waals surface area contributed by atoms with Gasteiger partial charge in [-0.25, -0.2) is 19.5 Å². The maximum absolute atomic E-state index is 13.1. The van der Waals surface area contributed by atoms with Crippen molar-refractivity contribution in [2.24, 2.45) is 4.99 Å². The van der Waals surface area contributed by atoms with E-state index in [1.807, 2.05) is 54.6 Å². The summed E-state index contributed by atoms with van der Waals surface area (Å²) < 4.78 is 1.70. The van der Waals surface area contributed by atoms with Gasteiger partial charge in [-0.15, -0.1) is 5.10 Å². The van der Waals surface area contributed by atoms with Crippen molar-refractivity contribution in [2.45, 2.75) is 12.7 Å². The molecule has 1 aliphatic heterocycles. The van der Waals surface area contributed by atoms with Crippen LogP contribution in [0, 0.1) is 0 Å². The monoisotopic (exact) mass is 456 g/mol. The lowest BCUT2D eigenvalue weighted by atomic mass is 10.0. The number of benzene rings is 3. The predicted molar refractivity (Wildman–Crippen MR) is 126 cm³/mol. The Hall–Kier alpha value is -4.24. The first-order valence-corrected chi connectivity index (χ1v) is 10.7. The van der Waals surface area contributed by atoms with Crippen molar-refractivity contribution in [1.82, 2.24) is 30.3 Å². The van der Waals surface area contributed by atoms with Crippen molar-refractivity contribution >= 4 is 51.2 Å². The number of hydrogen-bond acceptors (Lipinski definition) is 5. The number of rotatable bonds is 4. The van der Waals surface area contributed by atoms with E-state index in [9.17, 15) is 4.79 Å². The lowest BCUT2D eigenvalue weighted by molar-refractivity contribution is 0.252. The van der Waals surface area contributed by atoms with E-state index in [0.717, 1.165) is 27.6 Å². The van der Waals surface area contributed by atoms with Gasteiger partial charge < -0.3 is 4.98 Å². The molecule has 1 fully saturated rings. The van der Waals surface area contributed by atoms with Crippen LogP contribution >= 0.6 is 11.6 Å². The number of nitrogens with one attached hydrogen (secondary N) is 2. The molecule has 10 heteroatoms.